The first-order valence-electron chi connectivity index (χ1n) is 5.23. The number of carboxylic acids is 1. The number of benzene rings is 1. The van der Waals surface area contributed by atoms with Crippen molar-refractivity contribution in [2.75, 3.05) is 6.54 Å². The molecule has 17 heavy (non-hydrogen) atoms. The Bertz CT molecular complexity index is 434. The van der Waals surface area contributed by atoms with E-state index < -0.39 is 12.0 Å². The van der Waals surface area contributed by atoms with Gasteiger partial charge in [-0.25, -0.2) is 4.79 Å². The van der Waals surface area contributed by atoms with Crippen LogP contribution in [-0.4, -0.2) is 28.4 Å². The number of carbonyl (C=O) groups is 2. The highest BCUT2D eigenvalue weighted by atomic mass is 35.5. The number of likely N-dealkylation sites (N-methyl/N-ethyl adjacent to an activating group) is 1. The lowest BCUT2D eigenvalue weighted by atomic mass is 10.1. The van der Waals surface area contributed by atoms with Crippen LogP contribution in [0.3, 0.4) is 0 Å². The standard InChI is InChI=1S/C12H14ClNO3/c1-3-14(8(2)15)11(12(16)17)9-6-4-5-7-10(9)13/h4-7,11H,3H2,1-2H3,(H,16,17). The van der Waals surface area contributed by atoms with Crippen molar-refractivity contribution in [2.24, 2.45) is 0 Å². The van der Waals surface area contributed by atoms with Gasteiger partial charge in [-0.2, -0.15) is 0 Å². The van der Waals surface area contributed by atoms with E-state index in [2.05, 4.69) is 0 Å². The maximum absolute atomic E-state index is 11.4. The maximum Gasteiger partial charge on any atom is 0.331 e. The van der Waals surface area contributed by atoms with Gasteiger partial charge in [0.15, 0.2) is 6.04 Å². The lowest BCUT2D eigenvalue weighted by Gasteiger charge is -2.27. The molecule has 5 heteroatoms. The molecule has 1 amide bonds. The molecule has 0 radical (unpaired) electrons. The summed E-state index contributed by atoms with van der Waals surface area (Å²) in [7, 11) is 0. The van der Waals surface area contributed by atoms with E-state index in [1.54, 1.807) is 31.2 Å². The Morgan fingerprint density at radius 3 is 2.41 bits per heavy atom. The molecule has 0 bridgehead atoms. The summed E-state index contributed by atoms with van der Waals surface area (Å²) >= 11 is 5.97. The molecular weight excluding hydrogens is 242 g/mol. The number of aliphatic carboxylic acids is 1. The lowest BCUT2D eigenvalue weighted by molar-refractivity contribution is -0.149. The first kappa shape index (κ1) is 13.5. The molecule has 1 N–H and O–H groups in total. The van der Waals surface area contributed by atoms with Crippen LogP contribution in [0.4, 0.5) is 0 Å². The molecule has 0 aliphatic rings. The zero-order chi connectivity index (χ0) is 13.0. The van der Waals surface area contributed by atoms with Gasteiger partial charge in [-0.3, -0.25) is 4.79 Å². The molecule has 1 atom stereocenters. The zero-order valence-electron chi connectivity index (χ0n) is 9.68. The van der Waals surface area contributed by atoms with Crippen molar-refractivity contribution in [1.29, 1.82) is 0 Å². The van der Waals surface area contributed by atoms with Crippen LogP contribution in [0.2, 0.25) is 5.02 Å². The van der Waals surface area contributed by atoms with Crippen molar-refractivity contribution < 1.29 is 14.7 Å². The molecule has 1 rings (SSSR count). The third-order valence-corrected chi connectivity index (χ3v) is 2.83. The largest absolute Gasteiger partial charge is 0.479 e. The molecule has 0 fully saturated rings. The second kappa shape index (κ2) is 5.68. The predicted molar refractivity (Wildman–Crippen MR) is 64.9 cm³/mol. The van der Waals surface area contributed by atoms with E-state index in [4.69, 9.17) is 11.6 Å². The Hall–Kier alpha value is -1.55. The summed E-state index contributed by atoms with van der Waals surface area (Å²) in [5.74, 6) is -1.38. The van der Waals surface area contributed by atoms with Crippen LogP contribution in [0.15, 0.2) is 24.3 Å². The summed E-state index contributed by atoms with van der Waals surface area (Å²) in [4.78, 5) is 24.0. The third kappa shape index (κ3) is 2.97. The van der Waals surface area contributed by atoms with Crippen molar-refractivity contribution in [3.05, 3.63) is 34.9 Å². The summed E-state index contributed by atoms with van der Waals surface area (Å²) in [5.41, 5.74) is 0.429. The highest BCUT2D eigenvalue weighted by molar-refractivity contribution is 6.31. The van der Waals surface area contributed by atoms with Crippen molar-refractivity contribution in [3.8, 4) is 0 Å². The summed E-state index contributed by atoms with van der Waals surface area (Å²) in [6.07, 6.45) is 0. The molecule has 0 aliphatic heterocycles. The van der Waals surface area contributed by atoms with Gasteiger partial charge < -0.3 is 10.0 Å². The van der Waals surface area contributed by atoms with E-state index in [-0.39, 0.29) is 5.91 Å². The SMILES string of the molecule is CCN(C(C)=O)C(C(=O)O)c1ccccc1Cl. The van der Waals surface area contributed by atoms with Crippen molar-refractivity contribution in [3.63, 3.8) is 0 Å². The van der Waals surface area contributed by atoms with Crippen molar-refractivity contribution >= 4 is 23.5 Å². The lowest BCUT2D eigenvalue weighted by Crippen LogP contribution is -2.37. The third-order valence-electron chi connectivity index (χ3n) is 2.49. The van der Waals surface area contributed by atoms with Gasteiger partial charge in [0.2, 0.25) is 5.91 Å². The Kier molecular flexibility index (Phi) is 4.52. The Morgan fingerprint density at radius 2 is 2.00 bits per heavy atom. The van der Waals surface area contributed by atoms with Crippen LogP contribution in [0.1, 0.15) is 25.5 Å². The van der Waals surface area contributed by atoms with E-state index in [9.17, 15) is 14.7 Å². The average Bonchev–Trinajstić information content (AvgIpc) is 2.26. The first-order chi connectivity index (χ1) is 7.99. The molecular formula is C12H14ClNO3. The second-order valence-corrected chi connectivity index (χ2v) is 3.97. The summed E-state index contributed by atoms with van der Waals surface area (Å²) < 4.78 is 0. The van der Waals surface area contributed by atoms with E-state index in [1.165, 1.54) is 11.8 Å². The van der Waals surface area contributed by atoms with Crippen LogP contribution in [0, 0.1) is 0 Å². The molecule has 0 aromatic heterocycles. The molecule has 0 aliphatic carbocycles. The fourth-order valence-electron chi connectivity index (χ4n) is 1.72. The van der Waals surface area contributed by atoms with Crippen molar-refractivity contribution in [1.82, 2.24) is 4.90 Å². The molecule has 0 spiro atoms. The summed E-state index contributed by atoms with van der Waals surface area (Å²) in [5, 5.41) is 9.60. The zero-order valence-corrected chi connectivity index (χ0v) is 10.4. The molecule has 1 aromatic carbocycles. The van der Waals surface area contributed by atoms with Crippen molar-refractivity contribution in [2.45, 2.75) is 19.9 Å². The van der Waals surface area contributed by atoms with Crippen LogP contribution < -0.4 is 0 Å². The molecule has 4 nitrogen and oxygen atoms in total. The number of carboxylic acid groups (broad SMARTS) is 1. The first-order valence-corrected chi connectivity index (χ1v) is 5.61. The minimum absolute atomic E-state index is 0.292. The quantitative estimate of drug-likeness (QED) is 0.898. The van der Waals surface area contributed by atoms with E-state index in [0.29, 0.717) is 17.1 Å². The predicted octanol–water partition coefficient (Wildman–Crippen LogP) is 2.33. The van der Waals surface area contributed by atoms with Gasteiger partial charge in [-0.15, -0.1) is 0 Å². The van der Waals surface area contributed by atoms with E-state index in [0.717, 1.165) is 0 Å². The highest BCUT2D eigenvalue weighted by Crippen LogP contribution is 2.27. The van der Waals surface area contributed by atoms with Gasteiger partial charge in [0.25, 0.3) is 0 Å². The normalized spacial score (nSPS) is 11.9. The molecule has 1 aromatic rings. The number of carbonyl (C=O) groups excluding carboxylic acids is 1. The van der Waals surface area contributed by atoms with Gasteiger partial charge in [-0.05, 0) is 13.0 Å². The molecule has 0 saturated heterocycles. The minimum atomic E-state index is -1.09. The van der Waals surface area contributed by atoms with Crippen LogP contribution in [-0.2, 0) is 9.59 Å². The smallest absolute Gasteiger partial charge is 0.331 e. The number of halogens is 1. The number of hydrogen-bond acceptors (Lipinski definition) is 2. The Balaban J connectivity index is 3.22. The van der Waals surface area contributed by atoms with Crippen LogP contribution in [0.5, 0.6) is 0 Å². The number of hydrogen-bond donors (Lipinski definition) is 1. The summed E-state index contributed by atoms with van der Waals surface area (Å²) in [6, 6.07) is 5.61. The van der Waals surface area contributed by atoms with Crippen LogP contribution >= 0.6 is 11.6 Å². The van der Waals surface area contributed by atoms with E-state index in [1.807, 2.05) is 0 Å². The monoisotopic (exact) mass is 255 g/mol. The number of amides is 1. The van der Waals surface area contributed by atoms with Gasteiger partial charge in [0.1, 0.15) is 0 Å². The maximum atomic E-state index is 11.4. The fourth-order valence-corrected chi connectivity index (χ4v) is 1.96. The molecule has 0 heterocycles. The van der Waals surface area contributed by atoms with E-state index >= 15 is 0 Å². The number of rotatable bonds is 4. The molecule has 0 saturated carbocycles. The van der Waals surface area contributed by atoms with Crippen LogP contribution in [0.25, 0.3) is 0 Å². The second-order valence-electron chi connectivity index (χ2n) is 3.57. The Labute approximate surface area is 105 Å². The van der Waals surface area contributed by atoms with Gasteiger partial charge in [-0.1, -0.05) is 29.8 Å². The summed E-state index contributed by atoms with van der Waals surface area (Å²) in [6.45, 7) is 3.39. The minimum Gasteiger partial charge on any atom is -0.479 e. The van der Waals surface area contributed by atoms with Gasteiger partial charge >= 0.3 is 5.97 Å². The average molecular weight is 256 g/mol. The van der Waals surface area contributed by atoms with Gasteiger partial charge in [0.05, 0.1) is 0 Å². The number of nitrogens with zero attached hydrogens (tertiary/aromatic N) is 1. The van der Waals surface area contributed by atoms with Gasteiger partial charge in [0, 0.05) is 24.1 Å². The topological polar surface area (TPSA) is 57.6 Å². The highest BCUT2D eigenvalue weighted by Gasteiger charge is 2.29. The molecule has 1 unspecified atom stereocenters. The molecule has 92 valence electrons. The fraction of sp³-hybridized carbons (Fsp3) is 0.333. The Morgan fingerprint density at radius 1 is 1.41 bits per heavy atom.